The fourth-order valence-electron chi connectivity index (χ4n) is 0.978. The van der Waals surface area contributed by atoms with Crippen molar-refractivity contribution in [2.75, 3.05) is 7.11 Å². The highest BCUT2D eigenvalue weighted by Crippen LogP contribution is 2.26. The maximum absolute atomic E-state index is 10.2. The van der Waals surface area contributed by atoms with E-state index in [4.69, 9.17) is 14.9 Å². The van der Waals surface area contributed by atoms with E-state index in [0.717, 1.165) is 12.2 Å². The molecule has 102 valence electrons. The van der Waals surface area contributed by atoms with E-state index >= 15 is 0 Å². The van der Waals surface area contributed by atoms with Crippen LogP contribution >= 0.6 is 0 Å². The Balaban J connectivity index is 0.000000555. The van der Waals surface area contributed by atoms with Crippen molar-refractivity contribution in [1.29, 1.82) is 0 Å². The van der Waals surface area contributed by atoms with Crippen molar-refractivity contribution in [3.63, 3.8) is 0 Å². The predicted molar refractivity (Wildman–Crippen MR) is 69.2 cm³/mol. The number of aromatic hydroxyl groups is 1. The first-order valence-electron chi connectivity index (χ1n) is 5.04. The third-order valence-electron chi connectivity index (χ3n) is 1.80. The molecule has 0 saturated heterocycles. The highest BCUT2D eigenvalue weighted by molar-refractivity contribution is 5.85. The zero-order chi connectivity index (χ0) is 14.8. The van der Waals surface area contributed by atoms with E-state index in [1.54, 1.807) is 12.1 Å². The van der Waals surface area contributed by atoms with Crippen LogP contribution in [0.4, 0.5) is 0 Å². The van der Waals surface area contributed by atoms with Crippen LogP contribution in [0, 0.1) is 0 Å². The van der Waals surface area contributed by atoms with Gasteiger partial charge in [0.1, 0.15) is 0 Å². The summed E-state index contributed by atoms with van der Waals surface area (Å²) in [6.07, 6.45) is 3.22. The lowest BCUT2D eigenvalue weighted by molar-refractivity contribution is -0.132. The van der Waals surface area contributed by atoms with Gasteiger partial charge >= 0.3 is 11.9 Å². The molecule has 1 rings (SSSR count). The van der Waals surface area contributed by atoms with Gasteiger partial charge in [0.25, 0.3) is 0 Å². The smallest absolute Gasteiger partial charge is 0.328 e. The zero-order valence-electron chi connectivity index (χ0n) is 10.2. The SMILES string of the molecule is C=CC(=O)O.COc1ccc(C=CC(=O)O)cc1O. The first kappa shape index (κ1) is 16.2. The standard InChI is InChI=1S/C10H10O4.C3H4O2/c1-14-9-4-2-7(6-8(9)11)3-5-10(12)13;1-2-3(4)5/h2-6,11H,1H3,(H,12,13);2H,1H2,(H,4,5). The van der Waals surface area contributed by atoms with Gasteiger partial charge in [-0.2, -0.15) is 0 Å². The van der Waals surface area contributed by atoms with Crippen LogP contribution in [0.2, 0.25) is 0 Å². The summed E-state index contributed by atoms with van der Waals surface area (Å²) in [6, 6.07) is 4.65. The van der Waals surface area contributed by atoms with E-state index in [9.17, 15) is 14.7 Å². The third kappa shape index (κ3) is 7.22. The van der Waals surface area contributed by atoms with Gasteiger partial charge in [-0.3, -0.25) is 0 Å². The van der Waals surface area contributed by atoms with Crippen LogP contribution in [0.5, 0.6) is 11.5 Å². The van der Waals surface area contributed by atoms with E-state index in [2.05, 4.69) is 6.58 Å². The van der Waals surface area contributed by atoms with Gasteiger partial charge in [0.15, 0.2) is 11.5 Å². The molecule has 19 heavy (non-hydrogen) atoms. The molecule has 0 bridgehead atoms. The Hall–Kier alpha value is -2.76. The molecule has 3 N–H and O–H groups in total. The molecule has 0 unspecified atom stereocenters. The molecule has 0 fully saturated rings. The first-order chi connectivity index (χ1) is 8.90. The fourth-order valence-corrected chi connectivity index (χ4v) is 0.978. The lowest BCUT2D eigenvalue weighted by Crippen LogP contribution is -1.86. The summed E-state index contributed by atoms with van der Waals surface area (Å²) in [5.41, 5.74) is 0.603. The lowest BCUT2D eigenvalue weighted by atomic mass is 10.2. The molecule has 0 saturated carbocycles. The van der Waals surface area contributed by atoms with Crippen LogP contribution in [0.15, 0.2) is 36.9 Å². The second kappa shape index (κ2) is 8.35. The van der Waals surface area contributed by atoms with E-state index in [-0.39, 0.29) is 5.75 Å². The number of carbonyl (C=O) groups is 2. The molecule has 0 aromatic heterocycles. The van der Waals surface area contributed by atoms with Crippen molar-refractivity contribution in [3.05, 3.63) is 42.5 Å². The van der Waals surface area contributed by atoms with Crippen molar-refractivity contribution < 1.29 is 29.6 Å². The maximum atomic E-state index is 10.2. The molecule has 1 aromatic rings. The molecule has 6 heteroatoms. The van der Waals surface area contributed by atoms with Crippen LogP contribution in [0.1, 0.15) is 5.56 Å². The molecular weight excluding hydrogens is 252 g/mol. The number of methoxy groups -OCH3 is 1. The second-order valence-corrected chi connectivity index (χ2v) is 3.15. The fraction of sp³-hybridized carbons (Fsp3) is 0.0769. The Kier molecular flexibility index (Phi) is 7.14. The number of benzene rings is 1. The minimum atomic E-state index is -1.03. The molecule has 0 aliphatic rings. The van der Waals surface area contributed by atoms with Gasteiger partial charge in [-0.25, -0.2) is 9.59 Å². The maximum Gasteiger partial charge on any atom is 0.328 e. The van der Waals surface area contributed by atoms with Crippen LogP contribution in [-0.2, 0) is 9.59 Å². The average Bonchev–Trinajstić information content (AvgIpc) is 2.37. The van der Waals surface area contributed by atoms with Gasteiger partial charge in [0, 0.05) is 12.2 Å². The van der Waals surface area contributed by atoms with E-state index in [1.165, 1.54) is 19.3 Å². The van der Waals surface area contributed by atoms with E-state index < -0.39 is 11.9 Å². The molecule has 0 aliphatic heterocycles. The van der Waals surface area contributed by atoms with Gasteiger partial charge in [-0.15, -0.1) is 0 Å². The largest absolute Gasteiger partial charge is 0.504 e. The summed E-state index contributed by atoms with van der Waals surface area (Å²) < 4.78 is 4.84. The molecule has 0 spiro atoms. The van der Waals surface area contributed by atoms with Crippen molar-refractivity contribution >= 4 is 18.0 Å². The minimum Gasteiger partial charge on any atom is -0.504 e. The molecule has 0 amide bonds. The summed E-state index contributed by atoms with van der Waals surface area (Å²) in [5, 5.41) is 25.3. The summed E-state index contributed by atoms with van der Waals surface area (Å²) in [5.74, 6) is -1.66. The van der Waals surface area contributed by atoms with Crippen LogP contribution in [0.25, 0.3) is 6.08 Å². The molecule has 0 heterocycles. The van der Waals surface area contributed by atoms with Gasteiger partial charge in [-0.05, 0) is 23.8 Å². The van der Waals surface area contributed by atoms with Crippen molar-refractivity contribution in [2.45, 2.75) is 0 Å². The third-order valence-corrected chi connectivity index (χ3v) is 1.80. The van der Waals surface area contributed by atoms with Crippen molar-refractivity contribution in [2.24, 2.45) is 0 Å². The summed E-state index contributed by atoms with van der Waals surface area (Å²) in [6.45, 7) is 2.96. The van der Waals surface area contributed by atoms with Gasteiger partial charge in [0.05, 0.1) is 7.11 Å². The Labute approximate surface area is 109 Å². The summed E-state index contributed by atoms with van der Waals surface area (Å²) >= 11 is 0. The lowest BCUT2D eigenvalue weighted by Gasteiger charge is -2.02. The molecular formula is C13H14O6. The average molecular weight is 266 g/mol. The number of hydrogen-bond donors (Lipinski definition) is 3. The number of aliphatic carboxylic acids is 2. The molecule has 0 aliphatic carbocycles. The van der Waals surface area contributed by atoms with Crippen molar-refractivity contribution in [1.82, 2.24) is 0 Å². The molecule has 0 radical (unpaired) electrons. The quantitative estimate of drug-likeness (QED) is 0.717. The molecule has 0 atom stereocenters. The number of hydrogen-bond acceptors (Lipinski definition) is 4. The number of ether oxygens (including phenoxy) is 1. The van der Waals surface area contributed by atoms with Crippen LogP contribution in [0.3, 0.4) is 0 Å². The summed E-state index contributed by atoms with van der Waals surface area (Å²) in [7, 11) is 1.45. The topological polar surface area (TPSA) is 104 Å². The van der Waals surface area contributed by atoms with E-state index in [1.807, 2.05) is 0 Å². The van der Waals surface area contributed by atoms with Gasteiger partial charge in [0.2, 0.25) is 0 Å². The number of carboxylic acids is 2. The van der Waals surface area contributed by atoms with Gasteiger partial charge < -0.3 is 20.1 Å². The van der Waals surface area contributed by atoms with Crippen LogP contribution < -0.4 is 4.74 Å². The number of phenolic OH excluding ortho intramolecular Hbond substituents is 1. The summed E-state index contributed by atoms with van der Waals surface area (Å²) in [4.78, 5) is 19.5. The molecule has 1 aromatic carbocycles. The number of phenols is 1. The van der Waals surface area contributed by atoms with Crippen molar-refractivity contribution in [3.8, 4) is 11.5 Å². The number of carboxylic acid groups (broad SMARTS) is 2. The Bertz CT molecular complexity index is 490. The molecule has 6 nitrogen and oxygen atoms in total. The predicted octanol–water partition coefficient (Wildman–Crippen LogP) is 1.76. The Morgan fingerprint density at radius 1 is 1.26 bits per heavy atom. The highest BCUT2D eigenvalue weighted by atomic mass is 16.5. The Morgan fingerprint density at radius 2 is 1.84 bits per heavy atom. The second-order valence-electron chi connectivity index (χ2n) is 3.15. The highest BCUT2D eigenvalue weighted by Gasteiger charge is 2.00. The van der Waals surface area contributed by atoms with Crippen LogP contribution in [-0.4, -0.2) is 34.4 Å². The Morgan fingerprint density at radius 3 is 2.21 bits per heavy atom. The zero-order valence-corrected chi connectivity index (χ0v) is 10.2. The monoisotopic (exact) mass is 266 g/mol. The minimum absolute atomic E-state index is 0.0139. The number of rotatable bonds is 4. The normalized spacial score (nSPS) is 9.32. The van der Waals surface area contributed by atoms with Gasteiger partial charge in [-0.1, -0.05) is 12.6 Å². The van der Waals surface area contributed by atoms with E-state index in [0.29, 0.717) is 11.3 Å². The first-order valence-corrected chi connectivity index (χ1v) is 5.04.